The predicted octanol–water partition coefficient (Wildman–Crippen LogP) is -1.31. The predicted molar refractivity (Wildman–Crippen MR) is 85.8 cm³/mol. The minimum Gasteiger partial charge on any atom is -0.431 e. The van der Waals surface area contributed by atoms with Gasteiger partial charge in [0, 0.05) is 18.1 Å². The fourth-order valence-electron chi connectivity index (χ4n) is 2.60. The summed E-state index contributed by atoms with van der Waals surface area (Å²) in [5.74, 6) is -1.07. The van der Waals surface area contributed by atoms with Crippen molar-refractivity contribution in [2.75, 3.05) is 6.61 Å². The van der Waals surface area contributed by atoms with Gasteiger partial charge in [-0.3, -0.25) is 4.79 Å². The number of esters is 1. The van der Waals surface area contributed by atoms with E-state index in [-0.39, 0.29) is 6.42 Å². The van der Waals surface area contributed by atoms with Gasteiger partial charge in [-0.2, -0.15) is 0 Å². The van der Waals surface area contributed by atoms with Crippen LogP contribution < -0.4 is 5.32 Å². The minimum absolute atomic E-state index is 0.185. The van der Waals surface area contributed by atoms with Crippen LogP contribution >= 0.6 is 0 Å². The monoisotopic (exact) mass is 389 g/mol. The van der Waals surface area contributed by atoms with Gasteiger partial charge in [-0.05, 0) is 13.3 Å². The third-order valence-corrected chi connectivity index (χ3v) is 4.03. The number of carbonyl (C=O) groups is 3. The van der Waals surface area contributed by atoms with Crippen LogP contribution in [0.15, 0.2) is 11.6 Å². The van der Waals surface area contributed by atoms with Gasteiger partial charge in [-0.25, -0.2) is 9.59 Å². The fraction of sp³-hybridized carbons (Fsp3) is 0.688. The maximum absolute atomic E-state index is 11.7. The van der Waals surface area contributed by atoms with E-state index in [1.54, 1.807) is 6.92 Å². The highest BCUT2D eigenvalue weighted by molar-refractivity contribution is 5.85. The molecule has 1 amide bonds. The Kier molecular flexibility index (Phi) is 7.13. The van der Waals surface area contributed by atoms with E-state index in [1.165, 1.54) is 6.92 Å². The maximum Gasteiger partial charge on any atom is 0.511 e. The molecule has 1 fully saturated rings. The fourth-order valence-corrected chi connectivity index (χ4v) is 2.60. The van der Waals surface area contributed by atoms with E-state index in [1.807, 2.05) is 0 Å². The van der Waals surface area contributed by atoms with Gasteiger partial charge in [0.2, 0.25) is 5.91 Å². The maximum atomic E-state index is 11.7. The molecule has 0 aliphatic carbocycles. The zero-order chi connectivity index (χ0) is 20.1. The summed E-state index contributed by atoms with van der Waals surface area (Å²) < 4.78 is 19.4. The van der Waals surface area contributed by atoms with E-state index < -0.39 is 61.6 Å². The van der Waals surface area contributed by atoms with E-state index in [4.69, 9.17) is 18.9 Å². The van der Waals surface area contributed by atoms with Gasteiger partial charge in [0.05, 0.1) is 0 Å². The molecule has 1 saturated heterocycles. The number of ether oxygens (including phenoxy) is 4. The van der Waals surface area contributed by atoms with Crippen molar-refractivity contribution in [1.82, 2.24) is 5.32 Å². The molecule has 2 aliphatic rings. The SMILES string of the molecule is CCCC(=O)N[C@H]1C(O)O[C@H](COC(=O)OC2OC(=O)C=C2C)[C@@H](O)[C@@H]1O. The first-order valence-electron chi connectivity index (χ1n) is 8.44. The number of hydrogen-bond acceptors (Lipinski definition) is 10. The highest BCUT2D eigenvalue weighted by Crippen LogP contribution is 2.21. The number of carbonyl (C=O) groups excluding carboxylic acids is 3. The second kappa shape index (κ2) is 9.13. The Morgan fingerprint density at radius 2 is 1.96 bits per heavy atom. The van der Waals surface area contributed by atoms with Gasteiger partial charge in [0.25, 0.3) is 6.29 Å². The van der Waals surface area contributed by atoms with Gasteiger partial charge < -0.3 is 39.6 Å². The third-order valence-electron chi connectivity index (χ3n) is 4.03. The Balaban J connectivity index is 1.84. The Morgan fingerprint density at radius 1 is 1.26 bits per heavy atom. The highest BCUT2D eigenvalue weighted by Gasteiger charge is 2.45. The molecule has 152 valence electrons. The van der Waals surface area contributed by atoms with E-state index in [9.17, 15) is 29.7 Å². The molecule has 11 nitrogen and oxygen atoms in total. The number of rotatable bonds is 6. The Hall–Kier alpha value is -2.21. The minimum atomic E-state index is -1.62. The van der Waals surface area contributed by atoms with E-state index in [2.05, 4.69) is 5.32 Å². The van der Waals surface area contributed by atoms with Crippen molar-refractivity contribution in [1.29, 1.82) is 0 Å². The van der Waals surface area contributed by atoms with Gasteiger partial charge in [0.1, 0.15) is 31.0 Å². The zero-order valence-corrected chi connectivity index (χ0v) is 14.9. The summed E-state index contributed by atoms with van der Waals surface area (Å²) in [5.41, 5.74) is 0.377. The largest absolute Gasteiger partial charge is 0.511 e. The second-order valence-corrected chi connectivity index (χ2v) is 6.23. The molecule has 0 radical (unpaired) electrons. The highest BCUT2D eigenvalue weighted by atomic mass is 16.8. The number of nitrogens with one attached hydrogen (secondary N) is 1. The van der Waals surface area contributed by atoms with Crippen LogP contribution in [0.2, 0.25) is 0 Å². The smallest absolute Gasteiger partial charge is 0.431 e. The molecule has 27 heavy (non-hydrogen) atoms. The van der Waals surface area contributed by atoms with E-state index >= 15 is 0 Å². The summed E-state index contributed by atoms with van der Waals surface area (Å²) in [7, 11) is 0. The van der Waals surface area contributed by atoms with Crippen molar-refractivity contribution in [3.8, 4) is 0 Å². The van der Waals surface area contributed by atoms with Crippen LogP contribution in [0.25, 0.3) is 0 Å². The van der Waals surface area contributed by atoms with Gasteiger partial charge >= 0.3 is 12.1 Å². The van der Waals surface area contributed by atoms with Crippen molar-refractivity contribution >= 4 is 18.0 Å². The van der Waals surface area contributed by atoms with Crippen LogP contribution in [-0.4, -0.2) is 76.9 Å². The summed E-state index contributed by atoms with van der Waals surface area (Å²) >= 11 is 0. The molecule has 2 aliphatic heterocycles. The van der Waals surface area contributed by atoms with Crippen LogP contribution in [0, 0.1) is 0 Å². The van der Waals surface area contributed by atoms with E-state index in [0.29, 0.717) is 12.0 Å². The lowest BCUT2D eigenvalue weighted by Gasteiger charge is -2.40. The summed E-state index contributed by atoms with van der Waals surface area (Å²) in [6, 6.07) is -1.23. The second-order valence-electron chi connectivity index (χ2n) is 6.23. The summed E-state index contributed by atoms with van der Waals surface area (Å²) in [6.45, 7) is 2.76. The normalized spacial score (nSPS) is 33.1. The standard InChI is InChI=1S/C16H23NO10/c1-3-4-9(18)17-11-13(21)12(20)8(25-14(11)22)6-24-16(23)27-15-7(2)5-10(19)26-15/h5,8,11-15,20-22H,3-4,6H2,1-2H3,(H,17,18)/t8-,11-,12-,13-,14?,15?/m1/s1. The number of hydrogen-bond donors (Lipinski definition) is 4. The molecule has 0 bridgehead atoms. The Bertz CT molecular complexity index is 606. The molecule has 6 atom stereocenters. The summed E-state index contributed by atoms with van der Waals surface area (Å²) in [6.07, 6.45) is -6.44. The lowest BCUT2D eigenvalue weighted by atomic mass is 9.97. The van der Waals surface area contributed by atoms with Crippen LogP contribution in [0.1, 0.15) is 26.7 Å². The van der Waals surface area contributed by atoms with E-state index in [0.717, 1.165) is 6.08 Å². The molecule has 11 heteroatoms. The van der Waals surface area contributed by atoms with Crippen molar-refractivity contribution in [2.45, 2.75) is 63.6 Å². The van der Waals surface area contributed by atoms with Crippen molar-refractivity contribution in [3.63, 3.8) is 0 Å². The number of aliphatic hydroxyl groups excluding tert-OH is 3. The third kappa shape index (κ3) is 5.39. The molecule has 2 heterocycles. The van der Waals surface area contributed by atoms with Crippen LogP contribution in [0.3, 0.4) is 0 Å². The molecule has 0 saturated carbocycles. The first-order chi connectivity index (χ1) is 12.7. The van der Waals surface area contributed by atoms with Crippen molar-refractivity contribution in [3.05, 3.63) is 11.6 Å². The number of cyclic esters (lactones) is 1. The molecular formula is C16H23NO10. The van der Waals surface area contributed by atoms with Crippen LogP contribution in [0.4, 0.5) is 4.79 Å². The van der Waals surface area contributed by atoms with Crippen LogP contribution in [-0.2, 0) is 28.5 Å². The quantitative estimate of drug-likeness (QED) is 0.402. The first kappa shape index (κ1) is 21.1. The molecule has 0 aromatic carbocycles. The number of aliphatic hydroxyl groups is 3. The average molecular weight is 389 g/mol. The van der Waals surface area contributed by atoms with Gasteiger partial charge in [-0.1, -0.05) is 6.92 Å². The molecular weight excluding hydrogens is 366 g/mol. The lowest BCUT2D eigenvalue weighted by Crippen LogP contribution is -2.64. The molecule has 2 unspecified atom stereocenters. The molecule has 4 N–H and O–H groups in total. The lowest BCUT2D eigenvalue weighted by molar-refractivity contribution is -0.255. The summed E-state index contributed by atoms with van der Waals surface area (Å²) in [5, 5.41) is 32.5. The Labute approximate surface area is 154 Å². The molecule has 2 rings (SSSR count). The molecule has 0 aromatic heterocycles. The first-order valence-corrected chi connectivity index (χ1v) is 8.44. The van der Waals surface area contributed by atoms with Crippen LogP contribution in [0.5, 0.6) is 0 Å². The topological polar surface area (TPSA) is 161 Å². The van der Waals surface area contributed by atoms with Crippen molar-refractivity contribution < 1.29 is 48.7 Å². The zero-order valence-electron chi connectivity index (χ0n) is 14.9. The molecule has 0 aromatic rings. The average Bonchev–Trinajstić information content (AvgIpc) is 2.91. The number of amides is 1. The Morgan fingerprint density at radius 3 is 2.56 bits per heavy atom. The van der Waals surface area contributed by atoms with Crippen molar-refractivity contribution in [2.24, 2.45) is 0 Å². The molecule has 0 spiro atoms. The summed E-state index contributed by atoms with van der Waals surface area (Å²) in [4.78, 5) is 34.3. The van der Waals surface area contributed by atoms with Gasteiger partial charge in [-0.15, -0.1) is 0 Å². The van der Waals surface area contributed by atoms with Gasteiger partial charge in [0.15, 0.2) is 6.29 Å².